The molecule has 0 saturated heterocycles. The molecule has 2 unspecified atom stereocenters. The van der Waals surface area contributed by atoms with Crippen LogP contribution in [0.1, 0.15) is 46.6 Å². The minimum absolute atomic E-state index is 0.981. The van der Waals surface area contributed by atoms with Crippen LogP contribution in [0.15, 0.2) is 0 Å². The Bertz CT molecular complexity index is 348. The molecule has 0 nitrogen and oxygen atoms in total. The van der Waals surface area contributed by atoms with Crippen molar-refractivity contribution in [2.45, 2.75) is 45.4 Å². The molecule has 0 aliphatic heterocycles. The van der Waals surface area contributed by atoms with Gasteiger partial charge in [0, 0.05) is 9.75 Å². The molecular weight excluding hydrogens is 176 g/mol. The minimum Gasteiger partial charge on any atom is -0.145 e. The second-order valence-electron chi connectivity index (χ2n) is 4.48. The highest BCUT2D eigenvalue weighted by Gasteiger charge is 2.41. The van der Waals surface area contributed by atoms with Crippen molar-refractivity contribution in [1.82, 2.24) is 0 Å². The van der Waals surface area contributed by atoms with Crippen molar-refractivity contribution in [2.75, 3.05) is 0 Å². The van der Waals surface area contributed by atoms with Crippen LogP contribution in [0, 0.1) is 12.8 Å². The Hall–Kier alpha value is -0.300. The van der Waals surface area contributed by atoms with Crippen LogP contribution in [0.2, 0.25) is 0 Å². The van der Waals surface area contributed by atoms with E-state index in [1.807, 2.05) is 0 Å². The highest BCUT2D eigenvalue weighted by atomic mass is 32.1. The molecule has 2 aliphatic carbocycles. The van der Waals surface area contributed by atoms with Gasteiger partial charge in [-0.25, -0.2) is 0 Å². The molecule has 3 rings (SSSR count). The molecule has 1 fully saturated rings. The van der Waals surface area contributed by atoms with E-state index >= 15 is 0 Å². The smallest absolute Gasteiger partial charge is 0.00830 e. The summed E-state index contributed by atoms with van der Waals surface area (Å²) in [6.45, 7) is 4.62. The Morgan fingerprint density at radius 1 is 1.38 bits per heavy atom. The summed E-state index contributed by atoms with van der Waals surface area (Å²) in [6.07, 6.45) is 5.62. The zero-order valence-electron chi connectivity index (χ0n) is 8.39. The lowest BCUT2D eigenvalue weighted by Gasteiger charge is -2.31. The van der Waals surface area contributed by atoms with E-state index in [0.29, 0.717) is 0 Å². The molecule has 0 N–H and O–H groups in total. The summed E-state index contributed by atoms with van der Waals surface area (Å²) in [5.41, 5.74) is 3.54. The molecule has 1 aromatic rings. The lowest BCUT2D eigenvalue weighted by molar-refractivity contribution is 0.280. The number of thiophene rings is 1. The fourth-order valence-corrected chi connectivity index (χ4v) is 4.28. The summed E-state index contributed by atoms with van der Waals surface area (Å²) < 4.78 is 0. The Morgan fingerprint density at radius 2 is 2.23 bits per heavy atom. The fraction of sp³-hybridized carbons (Fsp3) is 0.667. The van der Waals surface area contributed by atoms with Gasteiger partial charge in [-0.1, -0.05) is 6.92 Å². The van der Waals surface area contributed by atoms with Gasteiger partial charge in [-0.05, 0) is 55.6 Å². The maximum atomic E-state index is 2.31. The molecule has 0 radical (unpaired) electrons. The molecule has 2 atom stereocenters. The van der Waals surface area contributed by atoms with Gasteiger partial charge in [0.2, 0.25) is 0 Å². The second-order valence-corrected chi connectivity index (χ2v) is 5.78. The van der Waals surface area contributed by atoms with Gasteiger partial charge in [-0.15, -0.1) is 11.3 Å². The van der Waals surface area contributed by atoms with Crippen LogP contribution in [0.5, 0.6) is 0 Å². The van der Waals surface area contributed by atoms with E-state index in [9.17, 15) is 0 Å². The number of aryl methyl sites for hydroxylation is 2. The first-order valence-corrected chi connectivity index (χ1v) is 6.24. The van der Waals surface area contributed by atoms with Gasteiger partial charge >= 0.3 is 0 Å². The number of hydrogen-bond donors (Lipinski definition) is 0. The molecule has 0 aromatic carbocycles. The summed E-state index contributed by atoms with van der Waals surface area (Å²) in [4.78, 5) is 3.31. The standard InChI is InChI=1S/C12H16S/c1-3-11-12-9-5-4-8(9)6-10(12)7(2)13-11/h8-9H,3-6H2,1-2H3. The average Bonchev–Trinajstić information content (AvgIpc) is 2.50. The topological polar surface area (TPSA) is 0 Å². The SMILES string of the molecule is CCc1sc(C)c2c1C1CCC1C2. The van der Waals surface area contributed by atoms with Gasteiger partial charge in [0.05, 0.1) is 0 Å². The van der Waals surface area contributed by atoms with Crippen LogP contribution < -0.4 is 0 Å². The van der Waals surface area contributed by atoms with Crippen molar-refractivity contribution in [1.29, 1.82) is 0 Å². The molecule has 1 saturated carbocycles. The third kappa shape index (κ3) is 0.914. The number of fused-ring (bicyclic) bond motifs is 3. The molecule has 0 bridgehead atoms. The lowest BCUT2D eigenvalue weighted by Crippen LogP contribution is -2.19. The average molecular weight is 192 g/mol. The van der Waals surface area contributed by atoms with Gasteiger partial charge < -0.3 is 0 Å². The summed E-state index contributed by atoms with van der Waals surface area (Å²) in [7, 11) is 0. The first-order valence-electron chi connectivity index (χ1n) is 5.42. The zero-order valence-corrected chi connectivity index (χ0v) is 9.21. The normalized spacial score (nSPS) is 29.7. The highest BCUT2D eigenvalue weighted by Crippen LogP contribution is 2.55. The van der Waals surface area contributed by atoms with Crippen LogP contribution in [0.4, 0.5) is 0 Å². The van der Waals surface area contributed by atoms with Crippen molar-refractivity contribution in [2.24, 2.45) is 5.92 Å². The summed E-state index contributed by atoms with van der Waals surface area (Å²) in [5, 5.41) is 0. The van der Waals surface area contributed by atoms with Gasteiger partial charge in [0.25, 0.3) is 0 Å². The van der Waals surface area contributed by atoms with E-state index in [2.05, 4.69) is 25.2 Å². The van der Waals surface area contributed by atoms with E-state index < -0.39 is 0 Å². The highest BCUT2D eigenvalue weighted by molar-refractivity contribution is 7.12. The second kappa shape index (κ2) is 2.60. The molecule has 0 spiro atoms. The third-order valence-electron chi connectivity index (χ3n) is 3.90. The largest absolute Gasteiger partial charge is 0.145 e. The summed E-state index contributed by atoms with van der Waals surface area (Å²) >= 11 is 2.06. The predicted octanol–water partition coefficient (Wildman–Crippen LogP) is 3.67. The lowest BCUT2D eigenvalue weighted by atomic mass is 9.74. The minimum atomic E-state index is 0.981. The van der Waals surface area contributed by atoms with Crippen LogP contribution in [-0.4, -0.2) is 0 Å². The Kier molecular flexibility index (Phi) is 1.61. The maximum Gasteiger partial charge on any atom is 0.00830 e. The van der Waals surface area contributed by atoms with Crippen LogP contribution in [0.3, 0.4) is 0 Å². The molecule has 0 amide bonds. The van der Waals surface area contributed by atoms with E-state index in [1.54, 1.807) is 20.9 Å². The Morgan fingerprint density at radius 3 is 2.85 bits per heavy atom. The van der Waals surface area contributed by atoms with Gasteiger partial charge in [0.1, 0.15) is 0 Å². The van der Waals surface area contributed by atoms with E-state index in [1.165, 1.54) is 25.7 Å². The van der Waals surface area contributed by atoms with E-state index in [-0.39, 0.29) is 0 Å². The predicted molar refractivity (Wildman–Crippen MR) is 57.6 cm³/mol. The van der Waals surface area contributed by atoms with E-state index in [0.717, 1.165) is 11.8 Å². The number of rotatable bonds is 1. The molecule has 1 heteroatoms. The quantitative estimate of drug-likeness (QED) is 0.637. The van der Waals surface area contributed by atoms with Crippen LogP contribution in [0.25, 0.3) is 0 Å². The van der Waals surface area contributed by atoms with Crippen molar-refractivity contribution >= 4 is 11.3 Å². The molecule has 2 aliphatic rings. The maximum absolute atomic E-state index is 2.31. The Balaban J connectivity index is 2.13. The molecular formula is C12H16S. The monoisotopic (exact) mass is 192 g/mol. The van der Waals surface area contributed by atoms with E-state index in [4.69, 9.17) is 0 Å². The number of hydrogen-bond acceptors (Lipinski definition) is 1. The van der Waals surface area contributed by atoms with Crippen molar-refractivity contribution in [3.05, 3.63) is 20.9 Å². The van der Waals surface area contributed by atoms with Crippen molar-refractivity contribution in [3.63, 3.8) is 0 Å². The van der Waals surface area contributed by atoms with Crippen LogP contribution >= 0.6 is 11.3 Å². The third-order valence-corrected chi connectivity index (χ3v) is 5.21. The zero-order chi connectivity index (χ0) is 9.00. The molecule has 1 heterocycles. The first kappa shape index (κ1) is 8.05. The molecule has 70 valence electrons. The summed E-state index contributed by atoms with van der Waals surface area (Å²) in [6, 6.07) is 0. The molecule has 13 heavy (non-hydrogen) atoms. The van der Waals surface area contributed by atoms with Gasteiger partial charge in [-0.3, -0.25) is 0 Å². The van der Waals surface area contributed by atoms with Gasteiger partial charge in [-0.2, -0.15) is 0 Å². The van der Waals surface area contributed by atoms with Crippen molar-refractivity contribution in [3.8, 4) is 0 Å². The first-order chi connectivity index (χ1) is 6.31. The molecule has 1 aromatic heterocycles. The van der Waals surface area contributed by atoms with Gasteiger partial charge in [0.15, 0.2) is 0 Å². The fourth-order valence-electron chi connectivity index (χ4n) is 3.06. The van der Waals surface area contributed by atoms with Crippen LogP contribution in [-0.2, 0) is 12.8 Å². The summed E-state index contributed by atoms with van der Waals surface area (Å²) in [5.74, 6) is 2.03. The Labute approximate surface area is 84.0 Å². The van der Waals surface area contributed by atoms with Crippen molar-refractivity contribution < 1.29 is 0 Å².